The van der Waals surface area contributed by atoms with E-state index in [1.165, 1.54) is 0 Å². The average molecular weight is 349 g/mol. The average Bonchev–Trinajstić information content (AvgIpc) is 2.84. The molecule has 5 nitrogen and oxygen atoms in total. The van der Waals surface area contributed by atoms with Crippen LogP contribution in [0.5, 0.6) is 0 Å². The van der Waals surface area contributed by atoms with Crippen LogP contribution in [0.15, 0.2) is 24.3 Å². The van der Waals surface area contributed by atoms with E-state index in [-0.39, 0.29) is 5.91 Å². The molecule has 0 saturated heterocycles. The summed E-state index contributed by atoms with van der Waals surface area (Å²) in [6.07, 6.45) is 0. The molecular weight excluding hydrogens is 324 g/mol. The molecule has 2 aromatic rings. The molecule has 2 rings (SSSR count). The fraction of sp³-hybridized carbons (Fsp3) is 0.444. The Balaban J connectivity index is 2.10. The van der Waals surface area contributed by atoms with Gasteiger partial charge in [0, 0.05) is 24.5 Å². The Morgan fingerprint density at radius 3 is 2.29 bits per heavy atom. The zero-order chi connectivity index (χ0) is 17.9. The van der Waals surface area contributed by atoms with Crippen molar-refractivity contribution in [2.24, 2.45) is 0 Å². The van der Waals surface area contributed by atoms with Crippen LogP contribution in [-0.4, -0.2) is 28.8 Å². The number of aryl methyl sites for hydroxylation is 1. The molecule has 1 unspecified atom stereocenters. The number of benzene rings is 1. The normalized spacial score (nSPS) is 12.1. The number of nitrogens with zero attached hydrogens (tertiary/aromatic N) is 3. The first-order valence-electron chi connectivity index (χ1n) is 8.26. The minimum Gasteiger partial charge on any atom is -0.372 e. The second-order valence-corrected chi connectivity index (χ2v) is 6.19. The van der Waals surface area contributed by atoms with Crippen molar-refractivity contribution in [1.29, 1.82) is 0 Å². The lowest BCUT2D eigenvalue weighted by Crippen LogP contribution is -2.25. The number of anilines is 2. The third-order valence-electron chi connectivity index (χ3n) is 4.25. The predicted octanol–water partition coefficient (Wildman–Crippen LogP) is 4.20. The van der Waals surface area contributed by atoms with E-state index in [4.69, 9.17) is 11.6 Å². The maximum Gasteiger partial charge on any atom is 0.248 e. The summed E-state index contributed by atoms with van der Waals surface area (Å²) in [7, 11) is 0. The molecule has 0 fully saturated rings. The van der Waals surface area contributed by atoms with Crippen molar-refractivity contribution < 1.29 is 4.79 Å². The van der Waals surface area contributed by atoms with Gasteiger partial charge in [0.1, 0.15) is 6.04 Å². The van der Waals surface area contributed by atoms with Gasteiger partial charge in [0.2, 0.25) is 5.91 Å². The van der Waals surface area contributed by atoms with E-state index in [1.807, 2.05) is 45.0 Å². The molecule has 1 heterocycles. The number of amides is 1. The molecule has 1 aromatic carbocycles. The number of halogens is 1. The number of hydrogen-bond acceptors (Lipinski definition) is 3. The van der Waals surface area contributed by atoms with Crippen molar-refractivity contribution in [3.8, 4) is 0 Å². The lowest BCUT2D eigenvalue weighted by molar-refractivity contribution is -0.119. The molecule has 0 spiro atoms. The van der Waals surface area contributed by atoms with Gasteiger partial charge in [0.15, 0.2) is 0 Å². The highest BCUT2D eigenvalue weighted by molar-refractivity contribution is 6.31. The van der Waals surface area contributed by atoms with Gasteiger partial charge in [-0.05, 0) is 58.9 Å². The molecule has 130 valence electrons. The summed E-state index contributed by atoms with van der Waals surface area (Å²) in [6.45, 7) is 11.7. The summed E-state index contributed by atoms with van der Waals surface area (Å²) < 4.78 is 1.66. The molecule has 0 radical (unpaired) electrons. The molecule has 1 N–H and O–H groups in total. The first-order chi connectivity index (χ1) is 11.4. The molecule has 24 heavy (non-hydrogen) atoms. The van der Waals surface area contributed by atoms with E-state index in [0.29, 0.717) is 5.02 Å². The minimum atomic E-state index is -0.432. The summed E-state index contributed by atoms with van der Waals surface area (Å²) in [6, 6.07) is 7.46. The van der Waals surface area contributed by atoms with E-state index in [0.717, 1.165) is 35.9 Å². The zero-order valence-electron chi connectivity index (χ0n) is 14.9. The smallest absolute Gasteiger partial charge is 0.248 e. The van der Waals surface area contributed by atoms with Crippen molar-refractivity contribution in [3.05, 3.63) is 40.7 Å². The monoisotopic (exact) mass is 348 g/mol. The number of rotatable bonds is 6. The standard InChI is InChI=1S/C18H25ClN4O/c1-6-22(7-2)16-10-8-15(9-11-16)20-18(24)14(5)23-13(4)17(19)12(3)21-23/h8-11,14H,6-7H2,1-5H3,(H,20,24). The van der Waals surface area contributed by atoms with Gasteiger partial charge in [-0.3, -0.25) is 9.48 Å². The van der Waals surface area contributed by atoms with Gasteiger partial charge in [-0.15, -0.1) is 0 Å². The number of carbonyl (C=O) groups is 1. The van der Waals surface area contributed by atoms with E-state index in [9.17, 15) is 4.79 Å². The number of hydrogen-bond donors (Lipinski definition) is 1. The summed E-state index contributed by atoms with van der Waals surface area (Å²) in [5.41, 5.74) is 3.46. The number of carbonyl (C=O) groups excluding carboxylic acids is 1. The Morgan fingerprint density at radius 2 is 1.83 bits per heavy atom. The zero-order valence-corrected chi connectivity index (χ0v) is 15.7. The Labute approximate surface area is 148 Å². The fourth-order valence-electron chi connectivity index (χ4n) is 2.72. The van der Waals surface area contributed by atoms with Crippen LogP contribution in [0, 0.1) is 13.8 Å². The van der Waals surface area contributed by atoms with Crippen molar-refractivity contribution in [3.63, 3.8) is 0 Å². The lowest BCUT2D eigenvalue weighted by Gasteiger charge is -2.21. The molecule has 1 aromatic heterocycles. The highest BCUT2D eigenvalue weighted by Gasteiger charge is 2.20. The summed E-state index contributed by atoms with van der Waals surface area (Å²) in [5, 5.41) is 7.90. The van der Waals surface area contributed by atoms with Crippen molar-refractivity contribution >= 4 is 28.9 Å². The third kappa shape index (κ3) is 3.73. The maximum absolute atomic E-state index is 12.5. The second-order valence-electron chi connectivity index (χ2n) is 5.81. The summed E-state index contributed by atoms with van der Waals surface area (Å²) in [5.74, 6) is -0.118. The Kier molecular flexibility index (Phi) is 5.89. The SMILES string of the molecule is CCN(CC)c1ccc(NC(=O)C(C)n2nc(C)c(Cl)c2C)cc1. The lowest BCUT2D eigenvalue weighted by atomic mass is 10.2. The van der Waals surface area contributed by atoms with E-state index >= 15 is 0 Å². The first-order valence-corrected chi connectivity index (χ1v) is 8.63. The van der Waals surface area contributed by atoms with Crippen molar-refractivity contribution in [2.45, 2.75) is 40.7 Å². The Bertz CT molecular complexity index is 705. The molecular formula is C18H25ClN4O. The van der Waals surface area contributed by atoms with Crippen LogP contribution in [-0.2, 0) is 4.79 Å². The quantitative estimate of drug-likeness (QED) is 0.851. The predicted molar refractivity (Wildman–Crippen MR) is 100 cm³/mol. The van der Waals surface area contributed by atoms with Crippen LogP contribution in [0.25, 0.3) is 0 Å². The van der Waals surface area contributed by atoms with Crippen LogP contribution in [0.3, 0.4) is 0 Å². The number of aromatic nitrogens is 2. The molecule has 1 amide bonds. The van der Waals surface area contributed by atoms with E-state index in [2.05, 4.69) is 29.2 Å². The second kappa shape index (κ2) is 7.71. The molecule has 6 heteroatoms. The van der Waals surface area contributed by atoms with Gasteiger partial charge in [0.05, 0.1) is 16.4 Å². The van der Waals surface area contributed by atoms with Crippen LogP contribution in [0.2, 0.25) is 5.02 Å². The van der Waals surface area contributed by atoms with E-state index in [1.54, 1.807) is 4.68 Å². The molecule has 0 saturated carbocycles. The molecule has 0 bridgehead atoms. The van der Waals surface area contributed by atoms with Gasteiger partial charge >= 0.3 is 0 Å². The summed E-state index contributed by atoms with van der Waals surface area (Å²) >= 11 is 6.16. The fourth-order valence-corrected chi connectivity index (χ4v) is 2.85. The van der Waals surface area contributed by atoms with Gasteiger partial charge in [-0.2, -0.15) is 5.10 Å². The van der Waals surface area contributed by atoms with Gasteiger partial charge < -0.3 is 10.2 Å². The van der Waals surface area contributed by atoms with Crippen LogP contribution in [0.4, 0.5) is 11.4 Å². The topological polar surface area (TPSA) is 50.2 Å². The largest absolute Gasteiger partial charge is 0.372 e. The molecule has 0 aliphatic carbocycles. The minimum absolute atomic E-state index is 0.118. The van der Waals surface area contributed by atoms with Gasteiger partial charge in [-0.1, -0.05) is 11.6 Å². The molecule has 1 atom stereocenters. The highest BCUT2D eigenvalue weighted by Crippen LogP contribution is 2.23. The van der Waals surface area contributed by atoms with Crippen LogP contribution >= 0.6 is 11.6 Å². The first kappa shape index (κ1) is 18.3. The highest BCUT2D eigenvalue weighted by atomic mass is 35.5. The number of nitrogens with one attached hydrogen (secondary N) is 1. The molecule has 0 aliphatic rings. The third-order valence-corrected chi connectivity index (χ3v) is 4.79. The van der Waals surface area contributed by atoms with Crippen LogP contribution in [0.1, 0.15) is 38.2 Å². The Morgan fingerprint density at radius 1 is 1.25 bits per heavy atom. The van der Waals surface area contributed by atoms with Gasteiger partial charge in [-0.25, -0.2) is 0 Å². The van der Waals surface area contributed by atoms with E-state index < -0.39 is 6.04 Å². The van der Waals surface area contributed by atoms with Crippen molar-refractivity contribution in [2.75, 3.05) is 23.3 Å². The maximum atomic E-state index is 12.5. The van der Waals surface area contributed by atoms with Crippen LogP contribution < -0.4 is 10.2 Å². The van der Waals surface area contributed by atoms with Gasteiger partial charge in [0.25, 0.3) is 0 Å². The molecule has 0 aliphatic heterocycles. The summed E-state index contributed by atoms with van der Waals surface area (Å²) in [4.78, 5) is 14.7. The van der Waals surface area contributed by atoms with Crippen molar-refractivity contribution in [1.82, 2.24) is 9.78 Å². The Hall–Kier alpha value is -2.01.